The number of nitrogens with zero attached hydrogens (tertiary/aromatic N) is 2. The van der Waals surface area contributed by atoms with Crippen molar-refractivity contribution in [2.45, 2.75) is 6.61 Å². The Balaban J connectivity index is 2.69. The number of hydrogen-bond acceptors (Lipinski definition) is 4. The van der Waals surface area contributed by atoms with Crippen LogP contribution in [0, 0.1) is 0 Å². The van der Waals surface area contributed by atoms with Crippen molar-refractivity contribution in [3.63, 3.8) is 0 Å². The van der Waals surface area contributed by atoms with E-state index in [1.165, 1.54) is 0 Å². The topological polar surface area (TPSA) is 55.2 Å². The van der Waals surface area contributed by atoms with Gasteiger partial charge in [-0.05, 0) is 33.6 Å². The first-order chi connectivity index (χ1) is 7.24. The van der Waals surface area contributed by atoms with E-state index < -0.39 is 0 Å². The predicted molar refractivity (Wildman–Crippen MR) is 59.7 cm³/mol. The fourth-order valence-electron chi connectivity index (χ4n) is 1.31. The Bertz CT molecular complexity index is 497. The van der Waals surface area contributed by atoms with E-state index in [1.807, 2.05) is 6.07 Å². The Morgan fingerprint density at radius 3 is 2.93 bits per heavy atom. The van der Waals surface area contributed by atoms with Gasteiger partial charge in [0.15, 0.2) is 0 Å². The lowest BCUT2D eigenvalue weighted by atomic mass is 10.2. The number of halogens is 1. The van der Waals surface area contributed by atoms with Crippen molar-refractivity contribution in [1.82, 2.24) is 9.97 Å². The van der Waals surface area contributed by atoms with Crippen LogP contribution in [-0.2, 0) is 6.61 Å². The monoisotopic (exact) mass is 268 g/mol. The molecule has 0 aliphatic rings. The fourth-order valence-corrected chi connectivity index (χ4v) is 1.91. The summed E-state index contributed by atoms with van der Waals surface area (Å²) < 4.78 is 5.80. The van der Waals surface area contributed by atoms with E-state index in [1.54, 1.807) is 19.4 Å². The van der Waals surface area contributed by atoms with E-state index >= 15 is 0 Å². The van der Waals surface area contributed by atoms with Crippen LogP contribution in [0.15, 0.2) is 22.8 Å². The zero-order valence-electron chi connectivity index (χ0n) is 8.07. The minimum absolute atomic E-state index is 0.0204. The molecule has 0 radical (unpaired) electrons. The average Bonchev–Trinajstić information content (AvgIpc) is 2.28. The number of aliphatic hydroxyl groups excluding tert-OH is 1. The van der Waals surface area contributed by atoms with Gasteiger partial charge >= 0.3 is 0 Å². The van der Waals surface area contributed by atoms with Gasteiger partial charge in [-0.25, -0.2) is 9.97 Å². The lowest BCUT2D eigenvalue weighted by molar-refractivity contribution is 0.282. The van der Waals surface area contributed by atoms with Crippen LogP contribution in [0.25, 0.3) is 11.0 Å². The zero-order chi connectivity index (χ0) is 10.8. The van der Waals surface area contributed by atoms with E-state index in [9.17, 15) is 0 Å². The van der Waals surface area contributed by atoms with Crippen molar-refractivity contribution in [1.29, 1.82) is 0 Å². The van der Waals surface area contributed by atoms with Crippen LogP contribution >= 0.6 is 15.9 Å². The van der Waals surface area contributed by atoms with Crippen LogP contribution in [-0.4, -0.2) is 22.2 Å². The van der Waals surface area contributed by atoms with Gasteiger partial charge in [-0.1, -0.05) is 0 Å². The average molecular weight is 269 g/mol. The molecule has 1 N–H and O–H groups in total. The maximum absolute atomic E-state index is 9.05. The normalized spacial score (nSPS) is 10.6. The molecule has 0 amide bonds. The van der Waals surface area contributed by atoms with Crippen molar-refractivity contribution in [3.05, 3.63) is 28.4 Å². The Morgan fingerprint density at radius 1 is 1.47 bits per heavy atom. The molecule has 0 fully saturated rings. The Hall–Kier alpha value is -1.20. The second kappa shape index (κ2) is 4.12. The summed E-state index contributed by atoms with van der Waals surface area (Å²) in [4.78, 5) is 8.45. The van der Waals surface area contributed by atoms with Crippen molar-refractivity contribution >= 4 is 27.0 Å². The molecule has 0 saturated heterocycles. The Kier molecular flexibility index (Phi) is 2.83. The highest BCUT2D eigenvalue weighted by atomic mass is 79.9. The van der Waals surface area contributed by atoms with Gasteiger partial charge in [-0.15, -0.1) is 0 Å². The third-order valence-corrected chi connectivity index (χ3v) is 2.63. The molecule has 5 heteroatoms. The van der Waals surface area contributed by atoms with Gasteiger partial charge in [0.25, 0.3) is 0 Å². The first-order valence-electron chi connectivity index (χ1n) is 4.34. The molecule has 0 bridgehead atoms. The van der Waals surface area contributed by atoms with Crippen LogP contribution < -0.4 is 4.74 Å². The van der Waals surface area contributed by atoms with Crippen molar-refractivity contribution in [2.75, 3.05) is 7.11 Å². The van der Waals surface area contributed by atoms with Crippen LogP contribution in [0.2, 0.25) is 0 Å². The van der Waals surface area contributed by atoms with Crippen molar-refractivity contribution < 1.29 is 9.84 Å². The van der Waals surface area contributed by atoms with Crippen molar-refractivity contribution in [3.8, 4) is 5.88 Å². The van der Waals surface area contributed by atoms with Crippen LogP contribution in [0.1, 0.15) is 5.56 Å². The van der Waals surface area contributed by atoms with E-state index in [-0.39, 0.29) is 6.61 Å². The summed E-state index contributed by atoms with van der Waals surface area (Å²) in [5.41, 5.74) is 2.25. The number of methoxy groups -OCH3 is 1. The molecule has 0 saturated carbocycles. The second-order valence-electron chi connectivity index (χ2n) is 3.02. The van der Waals surface area contributed by atoms with Crippen LogP contribution in [0.3, 0.4) is 0 Å². The summed E-state index contributed by atoms with van der Waals surface area (Å²) in [6.07, 6.45) is 1.56. The summed E-state index contributed by atoms with van der Waals surface area (Å²) in [5, 5.41) is 9.05. The highest BCUT2D eigenvalue weighted by Gasteiger charge is 2.05. The molecule has 1 aromatic carbocycles. The Morgan fingerprint density at radius 2 is 2.27 bits per heavy atom. The molecule has 1 heterocycles. The number of rotatable bonds is 2. The SMILES string of the molecule is COc1cnc2c(Br)cc(CO)cc2n1. The first kappa shape index (κ1) is 10.3. The molecule has 0 spiro atoms. The van der Waals surface area contributed by atoms with E-state index in [2.05, 4.69) is 25.9 Å². The summed E-state index contributed by atoms with van der Waals surface area (Å²) in [6.45, 7) is -0.0204. The standard InChI is InChI=1S/C10H9BrN2O2/c1-15-9-4-12-10-7(11)2-6(5-14)3-8(10)13-9/h2-4,14H,5H2,1H3. The van der Waals surface area contributed by atoms with Crippen LogP contribution in [0.4, 0.5) is 0 Å². The molecule has 1 aromatic heterocycles. The summed E-state index contributed by atoms with van der Waals surface area (Å²) in [5.74, 6) is 0.462. The molecule has 2 rings (SSSR count). The molecule has 0 atom stereocenters. The molecule has 0 aliphatic heterocycles. The molecular formula is C10H9BrN2O2. The van der Waals surface area contributed by atoms with E-state index in [0.717, 1.165) is 15.6 Å². The molecule has 2 aromatic rings. The largest absolute Gasteiger partial charge is 0.480 e. The lowest BCUT2D eigenvalue weighted by Gasteiger charge is -2.04. The number of aliphatic hydroxyl groups is 1. The minimum atomic E-state index is -0.0204. The van der Waals surface area contributed by atoms with Gasteiger partial charge in [0.2, 0.25) is 5.88 Å². The van der Waals surface area contributed by atoms with E-state index in [0.29, 0.717) is 11.4 Å². The summed E-state index contributed by atoms with van der Waals surface area (Å²) in [7, 11) is 1.54. The van der Waals surface area contributed by atoms with Crippen molar-refractivity contribution in [2.24, 2.45) is 0 Å². The predicted octanol–water partition coefficient (Wildman–Crippen LogP) is 1.89. The van der Waals surface area contributed by atoms with Gasteiger partial charge in [0.1, 0.15) is 5.52 Å². The van der Waals surface area contributed by atoms with Gasteiger partial charge in [0.05, 0.1) is 25.4 Å². The van der Waals surface area contributed by atoms with Gasteiger partial charge in [0, 0.05) is 4.47 Å². The quantitative estimate of drug-likeness (QED) is 0.904. The summed E-state index contributed by atoms with van der Waals surface area (Å²) >= 11 is 3.38. The molecule has 0 aliphatic carbocycles. The number of fused-ring (bicyclic) bond motifs is 1. The number of aromatic nitrogens is 2. The molecule has 4 nitrogen and oxygen atoms in total. The maximum atomic E-state index is 9.05. The first-order valence-corrected chi connectivity index (χ1v) is 5.14. The van der Waals surface area contributed by atoms with Crippen LogP contribution in [0.5, 0.6) is 5.88 Å². The third-order valence-electron chi connectivity index (χ3n) is 2.03. The maximum Gasteiger partial charge on any atom is 0.232 e. The number of ether oxygens (including phenoxy) is 1. The molecule has 15 heavy (non-hydrogen) atoms. The highest BCUT2D eigenvalue weighted by molar-refractivity contribution is 9.10. The van der Waals surface area contributed by atoms with Gasteiger partial charge in [-0.3, -0.25) is 0 Å². The zero-order valence-corrected chi connectivity index (χ0v) is 9.65. The second-order valence-corrected chi connectivity index (χ2v) is 3.87. The fraction of sp³-hybridized carbons (Fsp3) is 0.200. The minimum Gasteiger partial charge on any atom is -0.480 e. The Labute approximate surface area is 95.1 Å². The molecule has 0 unspecified atom stereocenters. The molecule has 78 valence electrons. The van der Waals surface area contributed by atoms with Gasteiger partial charge < -0.3 is 9.84 Å². The lowest BCUT2D eigenvalue weighted by Crippen LogP contribution is -1.93. The molecular weight excluding hydrogens is 260 g/mol. The summed E-state index contributed by atoms with van der Waals surface area (Å²) in [6, 6.07) is 3.61. The smallest absolute Gasteiger partial charge is 0.232 e. The highest BCUT2D eigenvalue weighted by Crippen LogP contribution is 2.24. The van der Waals surface area contributed by atoms with E-state index in [4.69, 9.17) is 9.84 Å². The number of benzene rings is 1. The van der Waals surface area contributed by atoms with Gasteiger partial charge in [-0.2, -0.15) is 0 Å². The number of hydrogen-bond donors (Lipinski definition) is 1. The third kappa shape index (κ3) is 1.93.